The molecule has 0 fully saturated rings. The molecule has 0 aliphatic carbocycles. The number of methoxy groups -OCH3 is 1. The lowest BCUT2D eigenvalue weighted by Crippen LogP contribution is -2.24. The molecule has 0 saturated heterocycles. The predicted molar refractivity (Wildman–Crippen MR) is 87.2 cm³/mol. The van der Waals surface area contributed by atoms with Crippen molar-refractivity contribution in [3.05, 3.63) is 54.1 Å². The van der Waals surface area contributed by atoms with Crippen molar-refractivity contribution >= 4 is 28.3 Å². The molecular formula is C17H18ClN2O+. The summed E-state index contributed by atoms with van der Waals surface area (Å²) in [6.45, 7) is 3.81. The highest BCUT2D eigenvalue weighted by molar-refractivity contribution is 6.66. The van der Waals surface area contributed by atoms with Gasteiger partial charge in [-0.3, -0.25) is 0 Å². The molecule has 21 heavy (non-hydrogen) atoms. The van der Waals surface area contributed by atoms with E-state index < -0.39 is 0 Å². The van der Waals surface area contributed by atoms with E-state index in [-0.39, 0.29) is 0 Å². The maximum atomic E-state index is 6.63. The minimum absolute atomic E-state index is 0.716. The average molecular weight is 302 g/mol. The molecule has 0 amide bonds. The monoisotopic (exact) mass is 301 g/mol. The van der Waals surface area contributed by atoms with E-state index in [0.29, 0.717) is 5.29 Å². The van der Waals surface area contributed by atoms with Gasteiger partial charge in [-0.05, 0) is 30.7 Å². The van der Waals surface area contributed by atoms with Crippen molar-refractivity contribution in [1.29, 1.82) is 0 Å². The van der Waals surface area contributed by atoms with Crippen LogP contribution in [-0.2, 0) is 0 Å². The first-order valence-electron chi connectivity index (χ1n) is 6.98. The normalized spacial score (nSPS) is 14.7. The van der Waals surface area contributed by atoms with Crippen molar-refractivity contribution in [3.63, 3.8) is 0 Å². The standard InChI is InChI=1S/C17H18ClN2O/c1-13-7-3-4-8-14(13)19-11-12-20(17(19)18)15-9-5-6-10-16(15)21-2/h3-10H,11-12H2,1-2H3/q+1. The van der Waals surface area contributed by atoms with Crippen LogP contribution in [0.2, 0.25) is 0 Å². The number of para-hydroxylation sites is 3. The Labute approximate surface area is 130 Å². The number of anilines is 1. The van der Waals surface area contributed by atoms with Crippen LogP contribution in [0.4, 0.5) is 11.4 Å². The number of halogens is 1. The van der Waals surface area contributed by atoms with Gasteiger partial charge in [0.1, 0.15) is 18.8 Å². The van der Waals surface area contributed by atoms with Crippen LogP contribution < -0.4 is 9.64 Å². The van der Waals surface area contributed by atoms with Crippen LogP contribution in [0.15, 0.2) is 48.5 Å². The molecule has 2 aromatic carbocycles. The third-order valence-corrected chi connectivity index (χ3v) is 4.18. The van der Waals surface area contributed by atoms with Gasteiger partial charge in [0.25, 0.3) is 0 Å². The van der Waals surface area contributed by atoms with Gasteiger partial charge in [-0.2, -0.15) is 0 Å². The van der Waals surface area contributed by atoms with Crippen LogP contribution in [0.3, 0.4) is 0 Å². The maximum absolute atomic E-state index is 6.63. The second-order valence-electron chi connectivity index (χ2n) is 5.03. The SMILES string of the molecule is COc1ccccc1N1CC[N+](c2ccccc2C)=C1Cl. The number of benzene rings is 2. The zero-order chi connectivity index (χ0) is 14.8. The number of rotatable bonds is 3. The summed E-state index contributed by atoms with van der Waals surface area (Å²) < 4.78 is 7.58. The third kappa shape index (κ3) is 2.49. The number of amidine groups is 1. The quantitative estimate of drug-likeness (QED) is 0.633. The van der Waals surface area contributed by atoms with Crippen molar-refractivity contribution in [2.45, 2.75) is 6.92 Å². The Balaban J connectivity index is 2.03. The molecule has 0 N–H and O–H groups in total. The molecular weight excluding hydrogens is 284 g/mol. The molecule has 3 rings (SSSR count). The van der Waals surface area contributed by atoms with Gasteiger partial charge in [0.15, 0.2) is 11.4 Å². The molecule has 1 heterocycles. The highest BCUT2D eigenvalue weighted by Gasteiger charge is 2.33. The summed E-state index contributed by atoms with van der Waals surface area (Å²) in [5, 5.41) is 0.716. The summed E-state index contributed by atoms with van der Waals surface area (Å²) in [6.07, 6.45) is 0. The van der Waals surface area contributed by atoms with Gasteiger partial charge in [-0.15, -0.1) is 0 Å². The number of hydrogen-bond acceptors (Lipinski definition) is 2. The molecule has 108 valence electrons. The van der Waals surface area contributed by atoms with E-state index in [1.165, 1.54) is 5.56 Å². The van der Waals surface area contributed by atoms with E-state index in [4.69, 9.17) is 16.3 Å². The van der Waals surface area contributed by atoms with Gasteiger partial charge in [0.2, 0.25) is 0 Å². The second kappa shape index (κ2) is 5.78. The summed E-state index contributed by atoms with van der Waals surface area (Å²) in [6, 6.07) is 16.2. The number of nitrogens with zero attached hydrogens (tertiary/aromatic N) is 2. The van der Waals surface area contributed by atoms with Gasteiger partial charge in [0.05, 0.1) is 7.11 Å². The molecule has 1 aliphatic rings. The van der Waals surface area contributed by atoms with Gasteiger partial charge in [-0.1, -0.05) is 30.3 Å². The Morgan fingerprint density at radius 1 is 1.10 bits per heavy atom. The summed E-state index contributed by atoms with van der Waals surface area (Å²) in [5.74, 6) is 0.835. The van der Waals surface area contributed by atoms with E-state index in [2.05, 4.69) is 28.5 Å². The first kappa shape index (κ1) is 14.0. The van der Waals surface area contributed by atoms with Crippen molar-refractivity contribution in [2.24, 2.45) is 0 Å². The first-order chi connectivity index (χ1) is 10.2. The molecule has 4 heteroatoms. The van der Waals surface area contributed by atoms with Crippen LogP contribution in [0.1, 0.15) is 5.56 Å². The number of ether oxygens (including phenoxy) is 1. The Hall–Kier alpha value is -2.00. The Bertz CT molecular complexity index is 697. The summed E-state index contributed by atoms with van der Waals surface area (Å²) in [7, 11) is 1.68. The van der Waals surface area contributed by atoms with E-state index in [1.807, 2.05) is 36.4 Å². The molecule has 0 unspecified atom stereocenters. The maximum Gasteiger partial charge on any atom is 0.355 e. The molecule has 0 saturated carbocycles. The zero-order valence-electron chi connectivity index (χ0n) is 12.2. The van der Waals surface area contributed by atoms with Crippen LogP contribution >= 0.6 is 11.6 Å². The highest BCUT2D eigenvalue weighted by atomic mass is 35.5. The molecule has 3 nitrogen and oxygen atoms in total. The fourth-order valence-electron chi connectivity index (χ4n) is 2.69. The fourth-order valence-corrected chi connectivity index (χ4v) is 3.04. The van der Waals surface area contributed by atoms with Crippen molar-refractivity contribution < 1.29 is 9.31 Å². The summed E-state index contributed by atoms with van der Waals surface area (Å²) in [4.78, 5) is 2.09. The minimum atomic E-state index is 0.716. The smallest absolute Gasteiger partial charge is 0.355 e. The lowest BCUT2D eigenvalue weighted by Gasteiger charge is -2.12. The van der Waals surface area contributed by atoms with Gasteiger partial charge in [-0.25, -0.2) is 9.48 Å². The van der Waals surface area contributed by atoms with E-state index in [1.54, 1.807) is 7.11 Å². The van der Waals surface area contributed by atoms with E-state index in [9.17, 15) is 0 Å². The Kier molecular flexibility index (Phi) is 3.84. The van der Waals surface area contributed by atoms with Crippen LogP contribution in [-0.4, -0.2) is 30.1 Å². The summed E-state index contributed by atoms with van der Waals surface area (Å²) >= 11 is 6.63. The molecule has 2 aromatic rings. The molecule has 0 radical (unpaired) electrons. The highest BCUT2D eigenvalue weighted by Crippen LogP contribution is 2.32. The van der Waals surface area contributed by atoms with E-state index >= 15 is 0 Å². The Morgan fingerprint density at radius 3 is 2.57 bits per heavy atom. The van der Waals surface area contributed by atoms with E-state index in [0.717, 1.165) is 30.2 Å². The van der Waals surface area contributed by atoms with Crippen molar-refractivity contribution in [1.82, 2.24) is 0 Å². The van der Waals surface area contributed by atoms with Crippen molar-refractivity contribution in [3.8, 4) is 5.75 Å². The van der Waals surface area contributed by atoms with Gasteiger partial charge < -0.3 is 4.74 Å². The fraction of sp³-hybridized carbons (Fsp3) is 0.235. The second-order valence-corrected chi connectivity index (χ2v) is 5.37. The lowest BCUT2D eigenvalue weighted by atomic mass is 10.2. The largest absolute Gasteiger partial charge is 0.492 e. The van der Waals surface area contributed by atoms with Crippen LogP contribution in [0, 0.1) is 6.92 Å². The van der Waals surface area contributed by atoms with Gasteiger partial charge >= 0.3 is 5.29 Å². The van der Waals surface area contributed by atoms with Crippen LogP contribution in [0.25, 0.3) is 0 Å². The summed E-state index contributed by atoms with van der Waals surface area (Å²) in [5.41, 5.74) is 3.37. The minimum Gasteiger partial charge on any atom is -0.492 e. The molecule has 1 aliphatic heterocycles. The lowest BCUT2D eigenvalue weighted by molar-refractivity contribution is -0.426. The van der Waals surface area contributed by atoms with Crippen LogP contribution in [0.5, 0.6) is 5.75 Å². The molecule has 0 bridgehead atoms. The third-order valence-electron chi connectivity index (χ3n) is 3.77. The first-order valence-corrected chi connectivity index (χ1v) is 7.36. The number of hydrogen-bond donors (Lipinski definition) is 0. The molecule has 0 aromatic heterocycles. The predicted octanol–water partition coefficient (Wildman–Crippen LogP) is 3.76. The average Bonchev–Trinajstić information content (AvgIpc) is 2.89. The Morgan fingerprint density at radius 2 is 1.81 bits per heavy atom. The van der Waals surface area contributed by atoms with Gasteiger partial charge in [0, 0.05) is 11.6 Å². The molecule has 0 spiro atoms. The molecule has 0 atom stereocenters. The van der Waals surface area contributed by atoms with Crippen molar-refractivity contribution in [2.75, 3.05) is 25.1 Å². The number of aryl methyl sites for hydroxylation is 1. The topological polar surface area (TPSA) is 15.5 Å². The zero-order valence-corrected chi connectivity index (χ0v) is 13.0.